The molecule has 3 rings (SSSR count). The topological polar surface area (TPSA) is 38.3 Å². The molecular formula is C24H25NO2. The summed E-state index contributed by atoms with van der Waals surface area (Å²) in [5, 5.41) is 3.11. The second kappa shape index (κ2) is 9.04. The van der Waals surface area contributed by atoms with Gasteiger partial charge in [0.05, 0.1) is 13.2 Å². The van der Waals surface area contributed by atoms with E-state index < -0.39 is 0 Å². The molecule has 3 aromatic rings. The third kappa shape index (κ3) is 4.98. The molecule has 27 heavy (non-hydrogen) atoms. The number of rotatable bonds is 7. The van der Waals surface area contributed by atoms with Crippen molar-refractivity contribution in [3.05, 3.63) is 101 Å². The average molecular weight is 359 g/mol. The summed E-state index contributed by atoms with van der Waals surface area (Å²) in [5.74, 6) is 0.769. The summed E-state index contributed by atoms with van der Waals surface area (Å²) in [4.78, 5) is 12.8. The van der Waals surface area contributed by atoms with E-state index in [2.05, 4.69) is 17.4 Å². The van der Waals surface area contributed by atoms with Gasteiger partial charge in [-0.1, -0.05) is 60.7 Å². The molecule has 0 aromatic heterocycles. The molecule has 0 aliphatic rings. The van der Waals surface area contributed by atoms with Gasteiger partial charge in [-0.25, -0.2) is 0 Å². The molecule has 1 atom stereocenters. The third-order valence-electron chi connectivity index (χ3n) is 4.75. The van der Waals surface area contributed by atoms with Gasteiger partial charge in [-0.05, 0) is 54.7 Å². The molecule has 0 heterocycles. The highest BCUT2D eigenvalue weighted by Crippen LogP contribution is 2.19. The van der Waals surface area contributed by atoms with Gasteiger partial charge in [0.15, 0.2) is 0 Å². The van der Waals surface area contributed by atoms with Gasteiger partial charge >= 0.3 is 0 Å². The second-order valence-corrected chi connectivity index (χ2v) is 6.61. The molecule has 138 valence electrons. The standard InChI is InChI=1S/C24H25NO2/c1-18(20-14-16-22(27-2)17-15-20)25-24(26)23-11-7-6-10-21(23)13-12-19-8-4-3-5-9-19/h3-11,14-18H,12-13H2,1-2H3,(H,25,26). The number of methoxy groups -OCH3 is 1. The van der Waals surface area contributed by atoms with Crippen molar-refractivity contribution < 1.29 is 9.53 Å². The van der Waals surface area contributed by atoms with Crippen LogP contribution in [0.2, 0.25) is 0 Å². The molecular weight excluding hydrogens is 334 g/mol. The summed E-state index contributed by atoms with van der Waals surface area (Å²) in [7, 11) is 1.65. The van der Waals surface area contributed by atoms with Crippen LogP contribution in [0.4, 0.5) is 0 Å². The fourth-order valence-corrected chi connectivity index (χ4v) is 3.13. The van der Waals surface area contributed by atoms with Gasteiger partial charge in [-0.2, -0.15) is 0 Å². The lowest BCUT2D eigenvalue weighted by molar-refractivity contribution is 0.0939. The number of aryl methyl sites for hydroxylation is 2. The molecule has 0 saturated carbocycles. The third-order valence-corrected chi connectivity index (χ3v) is 4.75. The van der Waals surface area contributed by atoms with Crippen LogP contribution in [0.5, 0.6) is 5.75 Å². The maximum Gasteiger partial charge on any atom is 0.252 e. The van der Waals surface area contributed by atoms with Gasteiger partial charge in [-0.3, -0.25) is 4.79 Å². The number of carbonyl (C=O) groups is 1. The van der Waals surface area contributed by atoms with Crippen molar-refractivity contribution in [2.24, 2.45) is 0 Å². The van der Waals surface area contributed by atoms with Gasteiger partial charge in [0.25, 0.3) is 5.91 Å². The minimum Gasteiger partial charge on any atom is -0.497 e. The van der Waals surface area contributed by atoms with Crippen molar-refractivity contribution in [3.8, 4) is 5.75 Å². The first-order chi connectivity index (χ1) is 13.2. The average Bonchev–Trinajstić information content (AvgIpc) is 2.73. The molecule has 3 heteroatoms. The number of nitrogens with one attached hydrogen (secondary N) is 1. The van der Waals surface area contributed by atoms with Crippen molar-refractivity contribution in [2.75, 3.05) is 7.11 Å². The summed E-state index contributed by atoms with van der Waals surface area (Å²) in [6.07, 6.45) is 1.75. The Morgan fingerprint density at radius 3 is 2.26 bits per heavy atom. The highest BCUT2D eigenvalue weighted by molar-refractivity contribution is 5.95. The molecule has 0 fully saturated rings. The van der Waals surface area contributed by atoms with Crippen molar-refractivity contribution in [1.29, 1.82) is 0 Å². The van der Waals surface area contributed by atoms with E-state index in [0.29, 0.717) is 0 Å². The summed E-state index contributed by atoms with van der Waals surface area (Å²) in [6.45, 7) is 1.99. The Morgan fingerprint density at radius 1 is 0.889 bits per heavy atom. The minimum atomic E-state index is -0.0782. The predicted octanol–water partition coefficient (Wildman–Crippen LogP) is 4.97. The van der Waals surface area contributed by atoms with Gasteiger partial charge in [0, 0.05) is 5.56 Å². The fraction of sp³-hybridized carbons (Fsp3) is 0.208. The number of hydrogen-bond acceptors (Lipinski definition) is 2. The molecule has 1 unspecified atom stereocenters. The summed E-state index contributed by atoms with van der Waals surface area (Å²) >= 11 is 0. The molecule has 0 aliphatic carbocycles. The molecule has 0 bridgehead atoms. The van der Waals surface area contributed by atoms with Crippen LogP contribution in [0.1, 0.15) is 40.0 Å². The first kappa shape index (κ1) is 18.7. The largest absolute Gasteiger partial charge is 0.497 e. The lowest BCUT2D eigenvalue weighted by Gasteiger charge is -2.16. The molecule has 0 saturated heterocycles. The Morgan fingerprint density at radius 2 is 1.56 bits per heavy atom. The van der Waals surface area contributed by atoms with Crippen molar-refractivity contribution >= 4 is 5.91 Å². The highest BCUT2D eigenvalue weighted by atomic mass is 16.5. The Labute approximate surface area is 161 Å². The molecule has 0 radical (unpaired) electrons. The number of ether oxygens (including phenoxy) is 1. The molecule has 3 aromatic carbocycles. The summed E-state index contributed by atoms with van der Waals surface area (Å²) in [5.41, 5.74) is 4.14. The van der Waals surface area contributed by atoms with E-state index in [9.17, 15) is 4.79 Å². The van der Waals surface area contributed by atoms with Crippen LogP contribution >= 0.6 is 0 Å². The van der Waals surface area contributed by atoms with Crippen LogP contribution in [0.25, 0.3) is 0 Å². The zero-order chi connectivity index (χ0) is 19.1. The number of amides is 1. The normalized spacial score (nSPS) is 11.6. The van der Waals surface area contributed by atoms with Gasteiger partial charge in [0.1, 0.15) is 5.75 Å². The van der Waals surface area contributed by atoms with Crippen LogP contribution in [-0.2, 0) is 12.8 Å². The van der Waals surface area contributed by atoms with E-state index >= 15 is 0 Å². The Balaban J connectivity index is 1.68. The van der Waals surface area contributed by atoms with Crippen LogP contribution in [0.3, 0.4) is 0 Å². The molecule has 1 amide bonds. The van der Waals surface area contributed by atoms with Crippen molar-refractivity contribution in [1.82, 2.24) is 5.32 Å². The van der Waals surface area contributed by atoms with Crippen LogP contribution < -0.4 is 10.1 Å². The zero-order valence-corrected chi connectivity index (χ0v) is 15.8. The quantitative estimate of drug-likeness (QED) is 0.647. The van der Waals surface area contributed by atoms with Crippen LogP contribution in [0.15, 0.2) is 78.9 Å². The predicted molar refractivity (Wildman–Crippen MR) is 109 cm³/mol. The van der Waals surface area contributed by atoms with Gasteiger partial charge < -0.3 is 10.1 Å². The van der Waals surface area contributed by atoms with E-state index in [1.165, 1.54) is 5.56 Å². The Bertz CT molecular complexity index is 872. The second-order valence-electron chi connectivity index (χ2n) is 6.61. The minimum absolute atomic E-state index is 0.0398. The van der Waals surface area contributed by atoms with Crippen LogP contribution in [-0.4, -0.2) is 13.0 Å². The van der Waals surface area contributed by atoms with Gasteiger partial charge in [0.2, 0.25) is 0 Å². The SMILES string of the molecule is COc1ccc(C(C)NC(=O)c2ccccc2CCc2ccccc2)cc1. The van der Waals surface area contributed by atoms with E-state index in [1.54, 1.807) is 7.11 Å². The van der Waals surface area contributed by atoms with E-state index in [4.69, 9.17) is 4.74 Å². The van der Waals surface area contributed by atoms with E-state index in [1.807, 2.05) is 73.7 Å². The highest BCUT2D eigenvalue weighted by Gasteiger charge is 2.14. The summed E-state index contributed by atoms with van der Waals surface area (Å²) in [6, 6.07) is 25.9. The van der Waals surface area contributed by atoms with Crippen LogP contribution in [0, 0.1) is 0 Å². The first-order valence-corrected chi connectivity index (χ1v) is 9.24. The molecule has 0 aliphatic heterocycles. The first-order valence-electron chi connectivity index (χ1n) is 9.24. The van der Waals surface area contributed by atoms with E-state index in [0.717, 1.165) is 35.3 Å². The van der Waals surface area contributed by atoms with Crippen molar-refractivity contribution in [2.45, 2.75) is 25.8 Å². The summed E-state index contributed by atoms with van der Waals surface area (Å²) < 4.78 is 5.19. The van der Waals surface area contributed by atoms with E-state index in [-0.39, 0.29) is 11.9 Å². The Kier molecular flexibility index (Phi) is 6.26. The zero-order valence-electron chi connectivity index (χ0n) is 15.8. The maximum atomic E-state index is 12.8. The Hall–Kier alpha value is -3.07. The number of hydrogen-bond donors (Lipinski definition) is 1. The molecule has 0 spiro atoms. The smallest absolute Gasteiger partial charge is 0.252 e. The van der Waals surface area contributed by atoms with Gasteiger partial charge in [-0.15, -0.1) is 0 Å². The molecule has 3 nitrogen and oxygen atoms in total. The fourth-order valence-electron chi connectivity index (χ4n) is 3.13. The van der Waals surface area contributed by atoms with Crippen molar-refractivity contribution in [3.63, 3.8) is 0 Å². The number of carbonyl (C=O) groups excluding carboxylic acids is 1. The maximum absolute atomic E-state index is 12.8. The monoisotopic (exact) mass is 359 g/mol. The molecule has 1 N–H and O–H groups in total. The number of benzene rings is 3. The lowest BCUT2D eigenvalue weighted by Crippen LogP contribution is -2.27. The lowest BCUT2D eigenvalue weighted by atomic mass is 9.99.